The highest BCUT2D eigenvalue weighted by Gasteiger charge is 2.24. The zero-order valence-electron chi connectivity index (χ0n) is 18.2. The number of rotatable bonds is 9. The predicted octanol–water partition coefficient (Wildman–Crippen LogP) is 4.38. The minimum Gasteiger partial charge on any atom is -0.325 e. The van der Waals surface area contributed by atoms with E-state index in [1.54, 1.807) is 0 Å². The van der Waals surface area contributed by atoms with Crippen LogP contribution in [-0.2, 0) is 6.42 Å². The van der Waals surface area contributed by atoms with E-state index in [1.165, 1.54) is 11.3 Å². The summed E-state index contributed by atoms with van der Waals surface area (Å²) in [7, 11) is 0. The average Bonchev–Trinajstić information content (AvgIpc) is 3.12. The topological polar surface area (TPSA) is 45.5 Å². The molecule has 0 aliphatic carbocycles. The Morgan fingerprint density at radius 1 is 1.31 bits per heavy atom. The van der Waals surface area contributed by atoms with Crippen molar-refractivity contribution < 1.29 is 0 Å². The predicted molar refractivity (Wildman–Crippen MR) is 124 cm³/mol. The van der Waals surface area contributed by atoms with E-state index in [1.807, 2.05) is 26.0 Å². The second kappa shape index (κ2) is 10.5. The van der Waals surface area contributed by atoms with Crippen molar-refractivity contribution in [3.8, 4) is 0 Å². The van der Waals surface area contributed by atoms with Crippen LogP contribution < -0.4 is 5.32 Å². The molecule has 0 unspecified atom stereocenters. The lowest BCUT2D eigenvalue weighted by molar-refractivity contribution is 0.208. The molecule has 5 heteroatoms. The maximum Gasteiger partial charge on any atom is 0.111 e. The van der Waals surface area contributed by atoms with Gasteiger partial charge in [-0.25, -0.2) is 4.98 Å². The van der Waals surface area contributed by atoms with Crippen molar-refractivity contribution in [1.82, 2.24) is 19.8 Å². The fourth-order valence-corrected chi connectivity index (χ4v) is 4.06. The molecule has 0 atom stereocenters. The summed E-state index contributed by atoms with van der Waals surface area (Å²) in [5, 5.41) is 3.44. The van der Waals surface area contributed by atoms with Gasteiger partial charge in [0.25, 0.3) is 0 Å². The molecule has 0 bridgehead atoms. The first-order valence-electron chi connectivity index (χ1n) is 10.9. The molecule has 2 aromatic rings. The Labute approximate surface area is 175 Å². The number of aromatic nitrogens is 2. The molecule has 1 aromatic heterocycles. The van der Waals surface area contributed by atoms with E-state index < -0.39 is 0 Å². The van der Waals surface area contributed by atoms with Crippen LogP contribution in [0, 0.1) is 0 Å². The molecule has 0 saturated carbocycles. The number of piperidine rings is 1. The van der Waals surface area contributed by atoms with Crippen LogP contribution in [0.2, 0.25) is 0 Å². The molecule has 0 radical (unpaired) electrons. The molecule has 1 fully saturated rings. The first-order valence-corrected chi connectivity index (χ1v) is 10.9. The average molecular weight is 394 g/mol. The van der Waals surface area contributed by atoms with E-state index in [0.717, 1.165) is 68.9 Å². The van der Waals surface area contributed by atoms with Gasteiger partial charge >= 0.3 is 0 Å². The van der Waals surface area contributed by atoms with Crippen molar-refractivity contribution in [2.24, 2.45) is 4.99 Å². The number of likely N-dealkylation sites (N-methyl/N-ethyl adjacent to an activating group) is 1. The normalized spacial score (nSPS) is 17.2. The Morgan fingerprint density at radius 3 is 2.76 bits per heavy atom. The van der Waals surface area contributed by atoms with E-state index >= 15 is 0 Å². The van der Waals surface area contributed by atoms with E-state index in [0.29, 0.717) is 6.04 Å². The van der Waals surface area contributed by atoms with Crippen molar-refractivity contribution in [3.05, 3.63) is 54.5 Å². The number of hydrogen-bond acceptors (Lipinski definition) is 4. The van der Waals surface area contributed by atoms with Gasteiger partial charge in [-0.15, -0.1) is 0 Å². The Bertz CT molecular complexity index is 869. The number of nitrogens with one attached hydrogen (secondary N) is 1. The van der Waals surface area contributed by atoms with E-state index in [2.05, 4.69) is 57.5 Å². The van der Waals surface area contributed by atoms with Gasteiger partial charge < -0.3 is 9.88 Å². The van der Waals surface area contributed by atoms with Gasteiger partial charge in [0.15, 0.2) is 0 Å². The number of benzene rings is 1. The largest absolute Gasteiger partial charge is 0.325 e. The van der Waals surface area contributed by atoms with Crippen LogP contribution in [0.25, 0.3) is 11.0 Å². The maximum absolute atomic E-state index is 4.95. The zero-order valence-corrected chi connectivity index (χ0v) is 18.2. The summed E-state index contributed by atoms with van der Waals surface area (Å²) < 4.78 is 2.51. The number of aliphatic imine (C=N–C) groups is 1. The fourth-order valence-electron chi connectivity index (χ4n) is 4.06. The van der Waals surface area contributed by atoms with E-state index in [-0.39, 0.29) is 0 Å². The highest BCUT2D eigenvalue weighted by molar-refractivity contribution is 5.96. The lowest BCUT2D eigenvalue weighted by Crippen LogP contribution is -2.38. The van der Waals surface area contributed by atoms with Crippen LogP contribution in [0.3, 0.4) is 0 Å². The standard InChI is InChI=1S/C24H35N5/c1-5-19(4)26-20(6-2)18-28-16-13-21(14-17-28)29-23-11-9-8-10-22(23)27-24(29)12-15-25-7-3/h5-6,8-11,21,25H,2,7,12-18H2,1,3-4H3/b19-5-,26-20?. The van der Waals surface area contributed by atoms with E-state index in [4.69, 9.17) is 4.98 Å². The molecule has 5 nitrogen and oxygen atoms in total. The van der Waals surface area contributed by atoms with Crippen LogP contribution in [-0.4, -0.2) is 52.9 Å². The van der Waals surface area contributed by atoms with Gasteiger partial charge in [-0.2, -0.15) is 0 Å². The van der Waals surface area contributed by atoms with Crippen LogP contribution in [0.1, 0.15) is 45.5 Å². The SMILES string of the molecule is C=CC(CN1CCC(n2c(CCNCC)nc3ccccc32)CC1)=N/C(C)=C\C. The number of hydrogen-bond donors (Lipinski definition) is 1. The first kappa shape index (κ1) is 21.5. The van der Waals surface area contributed by atoms with Gasteiger partial charge in [0.2, 0.25) is 0 Å². The van der Waals surface area contributed by atoms with E-state index in [9.17, 15) is 0 Å². The first-order chi connectivity index (χ1) is 14.2. The van der Waals surface area contributed by atoms with Gasteiger partial charge in [0.05, 0.1) is 16.7 Å². The summed E-state index contributed by atoms with van der Waals surface area (Å²) >= 11 is 0. The number of allylic oxidation sites excluding steroid dienone is 2. The summed E-state index contributed by atoms with van der Waals surface area (Å²) in [6.45, 7) is 15.2. The fraction of sp³-hybridized carbons (Fsp3) is 0.500. The Morgan fingerprint density at radius 2 is 2.07 bits per heavy atom. The van der Waals surface area contributed by atoms with Crippen molar-refractivity contribution in [3.63, 3.8) is 0 Å². The van der Waals surface area contributed by atoms with Crippen LogP contribution in [0.15, 0.2) is 53.7 Å². The third kappa shape index (κ3) is 5.43. The highest BCUT2D eigenvalue weighted by atomic mass is 15.2. The molecule has 0 spiro atoms. The second-order valence-electron chi connectivity index (χ2n) is 7.73. The molecule has 156 valence electrons. The van der Waals surface area contributed by atoms with Crippen LogP contribution in [0.5, 0.6) is 0 Å². The van der Waals surface area contributed by atoms with Gasteiger partial charge in [0.1, 0.15) is 5.82 Å². The monoisotopic (exact) mass is 393 g/mol. The summed E-state index contributed by atoms with van der Waals surface area (Å²) in [5.74, 6) is 1.21. The van der Waals surface area contributed by atoms with Crippen molar-refractivity contribution in [2.45, 2.75) is 46.1 Å². The molecular formula is C24H35N5. The highest BCUT2D eigenvalue weighted by Crippen LogP contribution is 2.29. The Hall–Kier alpha value is -2.24. The molecule has 1 aliphatic rings. The van der Waals surface area contributed by atoms with Gasteiger partial charge in [-0.1, -0.05) is 31.7 Å². The molecule has 1 aromatic carbocycles. The molecule has 0 amide bonds. The molecule has 2 heterocycles. The van der Waals surface area contributed by atoms with Gasteiger partial charge in [-0.3, -0.25) is 9.89 Å². The van der Waals surface area contributed by atoms with Crippen molar-refractivity contribution in [2.75, 3.05) is 32.7 Å². The lowest BCUT2D eigenvalue weighted by Gasteiger charge is -2.33. The van der Waals surface area contributed by atoms with Gasteiger partial charge in [-0.05, 0) is 51.4 Å². The summed E-state index contributed by atoms with van der Waals surface area (Å²) in [5.41, 5.74) is 4.49. The van der Waals surface area contributed by atoms with Crippen molar-refractivity contribution in [1.29, 1.82) is 0 Å². The molecule has 1 aliphatic heterocycles. The summed E-state index contributed by atoms with van der Waals surface area (Å²) in [4.78, 5) is 12.1. The number of imidazole rings is 1. The molecular weight excluding hydrogens is 358 g/mol. The molecule has 3 rings (SSSR count). The zero-order chi connectivity index (χ0) is 20.6. The van der Waals surface area contributed by atoms with Gasteiger partial charge in [0, 0.05) is 44.3 Å². The lowest BCUT2D eigenvalue weighted by atomic mass is 10.0. The van der Waals surface area contributed by atoms with Crippen LogP contribution in [0.4, 0.5) is 0 Å². The number of likely N-dealkylation sites (tertiary alicyclic amines) is 1. The summed E-state index contributed by atoms with van der Waals surface area (Å²) in [6.07, 6.45) is 7.18. The number of para-hydroxylation sites is 2. The second-order valence-corrected chi connectivity index (χ2v) is 7.73. The molecule has 1 saturated heterocycles. The third-order valence-electron chi connectivity index (χ3n) is 5.73. The number of nitrogens with zero attached hydrogens (tertiary/aromatic N) is 4. The minimum absolute atomic E-state index is 0.511. The van der Waals surface area contributed by atoms with Crippen LogP contribution >= 0.6 is 0 Å². The quantitative estimate of drug-likeness (QED) is 0.508. The minimum atomic E-state index is 0.511. The Balaban J connectivity index is 1.71. The smallest absolute Gasteiger partial charge is 0.111 e. The Kier molecular flexibility index (Phi) is 7.78. The molecule has 29 heavy (non-hydrogen) atoms. The van der Waals surface area contributed by atoms with Crippen molar-refractivity contribution >= 4 is 16.7 Å². The maximum atomic E-state index is 4.95. The third-order valence-corrected chi connectivity index (χ3v) is 5.73. The summed E-state index contributed by atoms with van der Waals surface area (Å²) in [6, 6.07) is 9.07. The molecule has 1 N–H and O–H groups in total. The number of fused-ring (bicyclic) bond motifs is 1.